The van der Waals surface area contributed by atoms with Crippen LogP contribution in [0.5, 0.6) is 0 Å². The number of imidazole rings is 1. The molecule has 0 saturated heterocycles. The van der Waals surface area contributed by atoms with Crippen molar-refractivity contribution in [3.05, 3.63) is 47.0 Å². The van der Waals surface area contributed by atoms with Crippen molar-refractivity contribution in [1.82, 2.24) is 8.96 Å². The fraction of sp³-hybridized carbons (Fsp3) is 0.357. The molecule has 2 rings (SSSR count). The Hall–Kier alpha value is -1.62. The molecule has 0 unspecified atom stereocenters. The van der Waals surface area contributed by atoms with Crippen LogP contribution in [0, 0.1) is 20.8 Å². The number of rotatable bonds is 3. The third kappa shape index (κ3) is 2.30. The largest absolute Gasteiger partial charge is 0.269 e. The zero-order chi connectivity index (χ0) is 14.2. The van der Waals surface area contributed by atoms with Crippen LogP contribution < -0.4 is 0 Å². The lowest BCUT2D eigenvalue weighted by Gasteiger charge is -2.14. The first-order chi connectivity index (χ1) is 8.87. The smallest absolute Gasteiger partial charge is 0.241 e. The second-order valence-electron chi connectivity index (χ2n) is 4.73. The Labute approximate surface area is 114 Å². The minimum Gasteiger partial charge on any atom is -0.241 e. The van der Waals surface area contributed by atoms with E-state index in [0.29, 0.717) is 17.1 Å². The molecule has 0 saturated carbocycles. The van der Waals surface area contributed by atoms with Crippen LogP contribution in [-0.2, 0) is 16.4 Å². The molecule has 0 radical (unpaired) electrons. The average Bonchev–Trinajstić information content (AvgIpc) is 2.75. The van der Waals surface area contributed by atoms with Crippen molar-refractivity contribution in [1.29, 1.82) is 0 Å². The number of hydrogen-bond donors (Lipinski definition) is 0. The fourth-order valence-electron chi connectivity index (χ4n) is 2.46. The summed E-state index contributed by atoms with van der Waals surface area (Å²) in [5.74, 6) is 0.555. The van der Waals surface area contributed by atoms with E-state index in [1.165, 1.54) is 16.4 Å². The highest BCUT2D eigenvalue weighted by atomic mass is 32.2. The van der Waals surface area contributed by atoms with Crippen LogP contribution in [0.15, 0.2) is 29.4 Å². The summed E-state index contributed by atoms with van der Waals surface area (Å²) in [6.45, 7) is 7.51. The van der Waals surface area contributed by atoms with E-state index >= 15 is 0 Å². The average molecular weight is 278 g/mol. The molecule has 0 fully saturated rings. The van der Waals surface area contributed by atoms with E-state index in [2.05, 4.69) is 4.98 Å². The normalized spacial score (nSPS) is 11.8. The third-order valence-electron chi connectivity index (χ3n) is 3.12. The molecule has 19 heavy (non-hydrogen) atoms. The van der Waals surface area contributed by atoms with Gasteiger partial charge in [-0.2, -0.15) is 0 Å². The number of benzene rings is 1. The van der Waals surface area contributed by atoms with Gasteiger partial charge in [0.1, 0.15) is 5.82 Å². The first-order valence-corrected chi connectivity index (χ1v) is 7.67. The van der Waals surface area contributed by atoms with Crippen LogP contribution in [0.3, 0.4) is 0 Å². The van der Waals surface area contributed by atoms with Gasteiger partial charge in [-0.15, -0.1) is 0 Å². The standard InChI is InChI=1S/C14H18N2O2S/c1-5-13-15-6-7-16(13)19(17,18)14-11(3)8-10(2)9-12(14)4/h6-9H,5H2,1-4H3. The zero-order valence-corrected chi connectivity index (χ0v) is 12.5. The topological polar surface area (TPSA) is 52.0 Å². The van der Waals surface area contributed by atoms with Crippen molar-refractivity contribution in [3.63, 3.8) is 0 Å². The van der Waals surface area contributed by atoms with Crippen molar-refractivity contribution < 1.29 is 8.42 Å². The van der Waals surface area contributed by atoms with Crippen LogP contribution in [0.1, 0.15) is 29.4 Å². The Bertz CT molecular complexity index is 692. The molecular weight excluding hydrogens is 260 g/mol. The molecule has 0 spiro atoms. The highest BCUT2D eigenvalue weighted by Gasteiger charge is 2.23. The van der Waals surface area contributed by atoms with Crippen LogP contribution in [0.2, 0.25) is 0 Å². The first kappa shape index (κ1) is 13.8. The van der Waals surface area contributed by atoms with Gasteiger partial charge in [-0.25, -0.2) is 17.4 Å². The monoisotopic (exact) mass is 278 g/mol. The van der Waals surface area contributed by atoms with Gasteiger partial charge in [0.25, 0.3) is 10.0 Å². The van der Waals surface area contributed by atoms with E-state index in [4.69, 9.17) is 0 Å². The van der Waals surface area contributed by atoms with Gasteiger partial charge in [0, 0.05) is 18.8 Å². The number of aryl methyl sites for hydroxylation is 4. The van der Waals surface area contributed by atoms with E-state index in [1.807, 2.05) is 39.8 Å². The predicted molar refractivity (Wildman–Crippen MR) is 74.8 cm³/mol. The Balaban J connectivity index is 2.71. The first-order valence-electron chi connectivity index (χ1n) is 6.23. The maximum absolute atomic E-state index is 12.8. The molecule has 0 atom stereocenters. The summed E-state index contributed by atoms with van der Waals surface area (Å²) < 4.78 is 26.8. The summed E-state index contributed by atoms with van der Waals surface area (Å²) >= 11 is 0. The molecule has 0 amide bonds. The van der Waals surface area contributed by atoms with Crippen molar-refractivity contribution in [3.8, 4) is 0 Å². The van der Waals surface area contributed by atoms with Gasteiger partial charge < -0.3 is 0 Å². The summed E-state index contributed by atoms with van der Waals surface area (Å²) in [6.07, 6.45) is 3.61. The number of hydrogen-bond acceptors (Lipinski definition) is 3. The maximum Gasteiger partial charge on any atom is 0.269 e. The second-order valence-corrected chi connectivity index (χ2v) is 6.48. The van der Waals surface area contributed by atoms with E-state index in [-0.39, 0.29) is 0 Å². The Kier molecular flexibility index (Phi) is 3.49. The van der Waals surface area contributed by atoms with E-state index in [0.717, 1.165) is 16.7 Å². The van der Waals surface area contributed by atoms with Crippen LogP contribution in [0.25, 0.3) is 0 Å². The summed E-state index contributed by atoms with van der Waals surface area (Å²) in [5.41, 5.74) is 2.61. The molecule has 0 N–H and O–H groups in total. The lowest BCUT2D eigenvalue weighted by molar-refractivity contribution is 0.583. The molecule has 1 heterocycles. The third-order valence-corrected chi connectivity index (χ3v) is 5.13. The Morgan fingerprint density at radius 3 is 2.26 bits per heavy atom. The highest BCUT2D eigenvalue weighted by Crippen LogP contribution is 2.24. The highest BCUT2D eigenvalue weighted by molar-refractivity contribution is 7.90. The lowest BCUT2D eigenvalue weighted by Crippen LogP contribution is -2.17. The van der Waals surface area contributed by atoms with E-state index < -0.39 is 10.0 Å². The lowest BCUT2D eigenvalue weighted by atomic mass is 10.1. The molecule has 5 heteroatoms. The summed E-state index contributed by atoms with van der Waals surface area (Å²) in [5, 5.41) is 0. The van der Waals surface area contributed by atoms with Gasteiger partial charge in [0.2, 0.25) is 0 Å². The van der Waals surface area contributed by atoms with Crippen molar-refractivity contribution >= 4 is 10.0 Å². The SMILES string of the molecule is CCc1nccn1S(=O)(=O)c1c(C)cc(C)cc1C. The minimum absolute atomic E-state index is 0.380. The molecule has 2 aromatic rings. The van der Waals surface area contributed by atoms with Crippen molar-refractivity contribution in [2.45, 2.75) is 39.0 Å². The molecule has 0 aliphatic carbocycles. The molecule has 0 aliphatic heterocycles. The number of nitrogens with zero attached hydrogens (tertiary/aromatic N) is 2. The maximum atomic E-state index is 12.8. The van der Waals surface area contributed by atoms with Gasteiger partial charge in [-0.05, 0) is 31.9 Å². The van der Waals surface area contributed by atoms with Gasteiger partial charge in [0.15, 0.2) is 0 Å². The quantitative estimate of drug-likeness (QED) is 0.867. The zero-order valence-electron chi connectivity index (χ0n) is 11.6. The van der Waals surface area contributed by atoms with Crippen LogP contribution in [0.4, 0.5) is 0 Å². The molecule has 0 bridgehead atoms. The molecule has 4 nitrogen and oxygen atoms in total. The Morgan fingerprint density at radius 1 is 1.16 bits per heavy atom. The molecule has 102 valence electrons. The van der Waals surface area contributed by atoms with Gasteiger partial charge in [-0.3, -0.25) is 0 Å². The summed E-state index contributed by atoms with van der Waals surface area (Å²) in [4.78, 5) is 4.47. The van der Waals surface area contributed by atoms with Gasteiger partial charge >= 0.3 is 0 Å². The molecular formula is C14H18N2O2S. The number of aromatic nitrogens is 2. The van der Waals surface area contributed by atoms with E-state index in [1.54, 1.807) is 0 Å². The summed E-state index contributed by atoms with van der Waals surface area (Å²) in [6, 6.07) is 3.78. The van der Waals surface area contributed by atoms with Crippen molar-refractivity contribution in [2.75, 3.05) is 0 Å². The molecule has 1 aromatic carbocycles. The second kappa shape index (κ2) is 4.81. The Morgan fingerprint density at radius 2 is 1.74 bits per heavy atom. The van der Waals surface area contributed by atoms with Crippen molar-refractivity contribution in [2.24, 2.45) is 0 Å². The fourth-order valence-corrected chi connectivity index (χ4v) is 4.26. The van der Waals surface area contributed by atoms with Crippen LogP contribution >= 0.6 is 0 Å². The predicted octanol–water partition coefficient (Wildman–Crippen LogP) is 2.61. The van der Waals surface area contributed by atoms with Gasteiger partial charge in [0.05, 0.1) is 4.90 Å². The van der Waals surface area contributed by atoms with Crippen LogP contribution in [-0.4, -0.2) is 17.4 Å². The summed E-state index contributed by atoms with van der Waals surface area (Å²) in [7, 11) is -3.56. The minimum atomic E-state index is -3.56. The van der Waals surface area contributed by atoms with E-state index in [9.17, 15) is 8.42 Å². The molecule has 1 aromatic heterocycles. The van der Waals surface area contributed by atoms with Gasteiger partial charge in [-0.1, -0.05) is 24.6 Å². The molecule has 0 aliphatic rings.